The Bertz CT molecular complexity index is 729. The second kappa shape index (κ2) is 7.83. The van der Waals surface area contributed by atoms with Crippen LogP contribution in [0.3, 0.4) is 0 Å². The van der Waals surface area contributed by atoms with E-state index in [1.807, 2.05) is 19.1 Å². The first-order valence-electron chi connectivity index (χ1n) is 8.38. The zero-order valence-electron chi connectivity index (χ0n) is 14.2. The summed E-state index contributed by atoms with van der Waals surface area (Å²) in [7, 11) is 0. The number of aromatic nitrogens is 3. The molecule has 1 aliphatic carbocycles. The van der Waals surface area contributed by atoms with Crippen molar-refractivity contribution in [1.82, 2.24) is 25.2 Å². The van der Waals surface area contributed by atoms with Crippen LogP contribution in [0.2, 0.25) is 0 Å². The SMILES string of the molecule is Cc1cnc(C(=O)N(CCC(=O)NCc2cccnc2)C2CC2)cn1. The molecule has 1 saturated carbocycles. The highest BCUT2D eigenvalue weighted by molar-refractivity contribution is 5.92. The highest BCUT2D eigenvalue weighted by Gasteiger charge is 2.33. The third kappa shape index (κ3) is 4.82. The summed E-state index contributed by atoms with van der Waals surface area (Å²) in [5.41, 5.74) is 2.04. The van der Waals surface area contributed by atoms with E-state index in [0.717, 1.165) is 24.1 Å². The van der Waals surface area contributed by atoms with Crippen LogP contribution in [0.1, 0.15) is 41.0 Å². The van der Waals surface area contributed by atoms with Crippen LogP contribution in [0.25, 0.3) is 0 Å². The monoisotopic (exact) mass is 339 g/mol. The number of pyridine rings is 1. The number of rotatable bonds is 7. The van der Waals surface area contributed by atoms with Crippen LogP contribution < -0.4 is 5.32 Å². The van der Waals surface area contributed by atoms with Gasteiger partial charge in [-0.2, -0.15) is 0 Å². The quantitative estimate of drug-likeness (QED) is 0.826. The normalized spacial score (nSPS) is 13.3. The van der Waals surface area contributed by atoms with Gasteiger partial charge in [-0.1, -0.05) is 6.07 Å². The van der Waals surface area contributed by atoms with Gasteiger partial charge in [0, 0.05) is 44.1 Å². The first kappa shape index (κ1) is 17.0. The molecule has 2 aromatic heterocycles. The molecular formula is C18H21N5O2. The van der Waals surface area contributed by atoms with Gasteiger partial charge in [-0.25, -0.2) is 4.98 Å². The van der Waals surface area contributed by atoms with E-state index in [4.69, 9.17) is 0 Å². The lowest BCUT2D eigenvalue weighted by Crippen LogP contribution is -2.37. The van der Waals surface area contributed by atoms with Gasteiger partial charge in [0.1, 0.15) is 5.69 Å². The molecular weight excluding hydrogens is 318 g/mol. The number of nitrogens with zero attached hydrogens (tertiary/aromatic N) is 4. The van der Waals surface area contributed by atoms with E-state index in [1.54, 1.807) is 23.5 Å². The van der Waals surface area contributed by atoms with E-state index in [0.29, 0.717) is 18.8 Å². The lowest BCUT2D eigenvalue weighted by molar-refractivity contribution is -0.121. The summed E-state index contributed by atoms with van der Waals surface area (Å²) in [5, 5.41) is 2.85. The summed E-state index contributed by atoms with van der Waals surface area (Å²) in [6.45, 7) is 2.65. The molecule has 1 N–H and O–H groups in total. The molecule has 2 heterocycles. The molecule has 0 aliphatic heterocycles. The maximum atomic E-state index is 12.6. The number of carbonyl (C=O) groups is 2. The second-order valence-electron chi connectivity index (χ2n) is 6.16. The van der Waals surface area contributed by atoms with Gasteiger partial charge in [-0.3, -0.25) is 19.6 Å². The van der Waals surface area contributed by atoms with Gasteiger partial charge in [0.05, 0.1) is 11.9 Å². The highest BCUT2D eigenvalue weighted by Crippen LogP contribution is 2.28. The van der Waals surface area contributed by atoms with Crippen molar-refractivity contribution in [1.29, 1.82) is 0 Å². The molecule has 1 aliphatic rings. The molecule has 25 heavy (non-hydrogen) atoms. The first-order chi connectivity index (χ1) is 12.1. The predicted molar refractivity (Wildman–Crippen MR) is 91.5 cm³/mol. The third-order valence-corrected chi connectivity index (χ3v) is 4.04. The maximum absolute atomic E-state index is 12.6. The van der Waals surface area contributed by atoms with Crippen molar-refractivity contribution in [2.45, 2.75) is 38.8 Å². The number of hydrogen-bond acceptors (Lipinski definition) is 5. The number of hydrogen-bond donors (Lipinski definition) is 1. The van der Waals surface area contributed by atoms with Crippen molar-refractivity contribution in [2.24, 2.45) is 0 Å². The van der Waals surface area contributed by atoms with E-state index < -0.39 is 0 Å². The summed E-state index contributed by atoms with van der Waals surface area (Å²) in [6, 6.07) is 3.95. The molecule has 7 heteroatoms. The van der Waals surface area contributed by atoms with Crippen LogP contribution in [0.5, 0.6) is 0 Å². The number of amides is 2. The number of nitrogens with one attached hydrogen (secondary N) is 1. The number of carbonyl (C=O) groups excluding carboxylic acids is 2. The summed E-state index contributed by atoms with van der Waals surface area (Å²) in [6.07, 6.45) is 8.70. The van der Waals surface area contributed by atoms with Crippen molar-refractivity contribution in [3.8, 4) is 0 Å². The Morgan fingerprint density at radius 2 is 2.08 bits per heavy atom. The first-order valence-corrected chi connectivity index (χ1v) is 8.38. The zero-order chi connectivity index (χ0) is 17.6. The van der Waals surface area contributed by atoms with Crippen LogP contribution in [0.15, 0.2) is 36.9 Å². The molecule has 7 nitrogen and oxygen atoms in total. The molecule has 0 radical (unpaired) electrons. The molecule has 2 aromatic rings. The lowest BCUT2D eigenvalue weighted by Gasteiger charge is -2.21. The fourth-order valence-corrected chi connectivity index (χ4v) is 2.50. The second-order valence-corrected chi connectivity index (χ2v) is 6.16. The standard InChI is InChI=1S/C18H21N5O2/c1-13-9-21-16(12-20-13)18(25)23(15-4-5-15)8-6-17(24)22-11-14-3-2-7-19-10-14/h2-3,7,9-10,12,15H,4-6,8,11H2,1H3,(H,22,24). The molecule has 0 saturated heterocycles. The van der Waals surface area contributed by atoms with E-state index in [2.05, 4.69) is 20.3 Å². The van der Waals surface area contributed by atoms with Crippen molar-refractivity contribution >= 4 is 11.8 Å². The zero-order valence-corrected chi connectivity index (χ0v) is 14.2. The lowest BCUT2D eigenvalue weighted by atomic mass is 10.2. The molecule has 0 atom stereocenters. The van der Waals surface area contributed by atoms with E-state index >= 15 is 0 Å². The Kier molecular flexibility index (Phi) is 5.33. The summed E-state index contributed by atoms with van der Waals surface area (Å²) in [4.78, 5) is 38.7. The largest absolute Gasteiger partial charge is 0.352 e. The van der Waals surface area contributed by atoms with E-state index in [1.165, 1.54) is 6.20 Å². The van der Waals surface area contributed by atoms with Crippen molar-refractivity contribution in [2.75, 3.05) is 6.54 Å². The van der Waals surface area contributed by atoms with E-state index in [9.17, 15) is 9.59 Å². The maximum Gasteiger partial charge on any atom is 0.274 e. The van der Waals surface area contributed by atoms with Crippen LogP contribution >= 0.6 is 0 Å². The van der Waals surface area contributed by atoms with Gasteiger partial charge >= 0.3 is 0 Å². The molecule has 0 spiro atoms. The smallest absolute Gasteiger partial charge is 0.274 e. The van der Waals surface area contributed by atoms with Gasteiger partial charge in [-0.15, -0.1) is 0 Å². The summed E-state index contributed by atoms with van der Waals surface area (Å²) < 4.78 is 0. The molecule has 0 aromatic carbocycles. The van der Waals surface area contributed by atoms with Gasteiger partial charge in [0.2, 0.25) is 5.91 Å². The Hall–Kier alpha value is -2.83. The molecule has 1 fully saturated rings. The van der Waals surface area contributed by atoms with Crippen molar-refractivity contribution in [3.63, 3.8) is 0 Å². The Morgan fingerprint density at radius 1 is 1.24 bits per heavy atom. The molecule has 130 valence electrons. The minimum absolute atomic E-state index is 0.0858. The van der Waals surface area contributed by atoms with E-state index in [-0.39, 0.29) is 24.3 Å². The summed E-state index contributed by atoms with van der Waals surface area (Å²) in [5.74, 6) is -0.243. The Labute approximate surface area is 146 Å². The third-order valence-electron chi connectivity index (χ3n) is 4.04. The molecule has 0 bridgehead atoms. The molecule has 0 unspecified atom stereocenters. The average molecular weight is 339 g/mol. The van der Waals surface area contributed by atoms with Crippen LogP contribution in [0, 0.1) is 6.92 Å². The van der Waals surface area contributed by atoms with Crippen LogP contribution in [-0.2, 0) is 11.3 Å². The van der Waals surface area contributed by atoms with Gasteiger partial charge in [0.15, 0.2) is 0 Å². The fraction of sp³-hybridized carbons (Fsp3) is 0.389. The van der Waals surface area contributed by atoms with Gasteiger partial charge in [-0.05, 0) is 31.4 Å². The molecule has 3 rings (SSSR count). The van der Waals surface area contributed by atoms with Crippen molar-refractivity contribution < 1.29 is 9.59 Å². The fourth-order valence-electron chi connectivity index (χ4n) is 2.50. The van der Waals surface area contributed by atoms with Crippen molar-refractivity contribution in [3.05, 3.63) is 53.9 Å². The summed E-state index contributed by atoms with van der Waals surface area (Å²) >= 11 is 0. The average Bonchev–Trinajstić information content (AvgIpc) is 3.46. The minimum atomic E-state index is -0.157. The van der Waals surface area contributed by atoms with Gasteiger partial charge < -0.3 is 10.2 Å². The Morgan fingerprint density at radius 3 is 2.72 bits per heavy atom. The highest BCUT2D eigenvalue weighted by atomic mass is 16.2. The molecule has 2 amide bonds. The van der Waals surface area contributed by atoms with Crippen LogP contribution in [-0.4, -0.2) is 44.3 Å². The predicted octanol–water partition coefficient (Wildman–Crippen LogP) is 1.49. The van der Waals surface area contributed by atoms with Gasteiger partial charge in [0.25, 0.3) is 5.91 Å². The van der Waals surface area contributed by atoms with Crippen LogP contribution in [0.4, 0.5) is 0 Å². The number of aryl methyl sites for hydroxylation is 1. The minimum Gasteiger partial charge on any atom is -0.352 e. The topological polar surface area (TPSA) is 88.1 Å². The Balaban J connectivity index is 1.52.